The van der Waals surface area contributed by atoms with Gasteiger partial charge >= 0.3 is 6.18 Å². The molecule has 1 aliphatic heterocycles. The van der Waals surface area contributed by atoms with Crippen LogP contribution in [0.2, 0.25) is 0 Å². The van der Waals surface area contributed by atoms with Crippen LogP contribution in [0.3, 0.4) is 0 Å². The van der Waals surface area contributed by atoms with Crippen molar-refractivity contribution in [3.63, 3.8) is 0 Å². The highest BCUT2D eigenvalue weighted by Gasteiger charge is 2.36. The Kier molecular flexibility index (Phi) is 4.92. The van der Waals surface area contributed by atoms with E-state index < -0.39 is 23.7 Å². The summed E-state index contributed by atoms with van der Waals surface area (Å²) in [6, 6.07) is 13.5. The fourth-order valence-electron chi connectivity index (χ4n) is 4.06. The molecule has 5 nitrogen and oxygen atoms in total. The van der Waals surface area contributed by atoms with Crippen LogP contribution >= 0.6 is 0 Å². The highest BCUT2D eigenvalue weighted by Crippen LogP contribution is 2.36. The number of carbonyl (C=O) groups is 1. The zero-order valence-corrected chi connectivity index (χ0v) is 16.8. The minimum Gasteiger partial charge on any atom is -0.438 e. The van der Waals surface area contributed by atoms with Crippen molar-refractivity contribution in [2.24, 2.45) is 0 Å². The quantitative estimate of drug-likeness (QED) is 0.401. The third kappa shape index (κ3) is 3.72. The number of aromatic nitrogens is 2. The molecule has 0 spiro atoms. The van der Waals surface area contributed by atoms with E-state index in [1.807, 2.05) is 30.3 Å². The number of nitrogens with zero attached hydrogens (tertiary/aromatic N) is 3. The molecule has 5 rings (SSSR count). The average Bonchev–Trinajstić information content (AvgIpc) is 3.45. The monoisotopic (exact) mass is 437 g/mol. The lowest BCUT2D eigenvalue weighted by molar-refractivity contribution is -0.137. The van der Waals surface area contributed by atoms with Gasteiger partial charge in [0.05, 0.1) is 5.56 Å². The summed E-state index contributed by atoms with van der Waals surface area (Å²) in [5.41, 5.74) is 2.28. The summed E-state index contributed by atoms with van der Waals surface area (Å²) in [6.07, 6.45) is 0.302. The second-order valence-corrected chi connectivity index (χ2v) is 7.71. The van der Waals surface area contributed by atoms with Gasteiger partial charge in [0, 0.05) is 30.1 Å². The molecule has 1 amide bonds. The summed E-state index contributed by atoms with van der Waals surface area (Å²) in [5.74, 6) is -0.0712. The number of hydrogen-bond donors (Lipinski definition) is 0. The molecule has 1 atom stereocenters. The van der Waals surface area contributed by atoms with Crippen LogP contribution < -0.4 is 0 Å². The molecule has 1 fully saturated rings. The number of hydrogen-bond acceptors (Lipinski definition) is 4. The molecule has 2 aromatic carbocycles. The minimum atomic E-state index is -4.51. The normalized spacial score (nSPS) is 16.6. The number of rotatable bonds is 3. The third-order valence-corrected chi connectivity index (χ3v) is 5.63. The maximum absolute atomic E-state index is 13.1. The Balaban J connectivity index is 1.45. The van der Waals surface area contributed by atoms with Gasteiger partial charge in [0.1, 0.15) is 11.6 Å². The van der Waals surface area contributed by atoms with E-state index in [1.54, 1.807) is 17.3 Å². The Bertz CT molecular complexity index is 1280. The van der Waals surface area contributed by atoms with Gasteiger partial charge < -0.3 is 9.32 Å². The van der Waals surface area contributed by atoms with E-state index in [1.165, 1.54) is 12.1 Å². The number of amides is 1. The summed E-state index contributed by atoms with van der Waals surface area (Å²) in [4.78, 5) is 23.3. The van der Waals surface area contributed by atoms with Gasteiger partial charge in [-0.15, -0.1) is 0 Å². The zero-order chi connectivity index (χ0) is 22.3. The zero-order valence-electron chi connectivity index (χ0n) is 16.8. The maximum atomic E-state index is 13.1. The van der Waals surface area contributed by atoms with Crippen molar-refractivity contribution in [2.75, 3.05) is 6.54 Å². The van der Waals surface area contributed by atoms with Gasteiger partial charge in [0.25, 0.3) is 5.91 Å². The highest BCUT2D eigenvalue weighted by molar-refractivity contribution is 5.95. The summed E-state index contributed by atoms with van der Waals surface area (Å²) in [7, 11) is 0. The van der Waals surface area contributed by atoms with Gasteiger partial charge in [-0.2, -0.15) is 13.2 Å². The predicted molar refractivity (Wildman–Crippen MR) is 112 cm³/mol. The van der Waals surface area contributed by atoms with Crippen molar-refractivity contribution in [1.82, 2.24) is 14.9 Å². The maximum Gasteiger partial charge on any atom is 0.416 e. The molecule has 162 valence electrons. The van der Waals surface area contributed by atoms with Crippen molar-refractivity contribution in [2.45, 2.75) is 25.1 Å². The largest absolute Gasteiger partial charge is 0.438 e. The third-order valence-electron chi connectivity index (χ3n) is 5.63. The fourth-order valence-corrected chi connectivity index (χ4v) is 4.06. The van der Waals surface area contributed by atoms with E-state index >= 15 is 0 Å². The Hall–Kier alpha value is -3.68. The molecule has 0 aliphatic carbocycles. The molecule has 32 heavy (non-hydrogen) atoms. The Labute approximate surface area is 181 Å². The Morgan fingerprint density at radius 1 is 1.06 bits per heavy atom. The van der Waals surface area contributed by atoms with Crippen LogP contribution in [0.1, 0.15) is 40.7 Å². The molecule has 1 unspecified atom stereocenters. The molecule has 0 bridgehead atoms. The molecular weight excluding hydrogens is 419 g/mol. The molecule has 4 aromatic rings. The van der Waals surface area contributed by atoms with E-state index in [4.69, 9.17) is 4.42 Å². The van der Waals surface area contributed by atoms with Gasteiger partial charge in [0.2, 0.25) is 5.89 Å². The molecule has 0 N–H and O–H groups in total. The van der Waals surface area contributed by atoms with Crippen molar-refractivity contribution >= 4 is 17.0 Å². The minimum absolute atomic E-state index is 0.00157. The molecule has 1 saturated heterocycles. The summed E-state index contributed by atoms with van der Waals surface area (Å²) < 4.78 is 45.1. The van der Waals surface area contributed by atoms with E-state index in [0.717, 1.165) is 29.7 Å². The number of carbonyl (C=O) groups excluding carboxylic acids is 1. The smallest absolute Gasteiger partial charge is 0.416 e. The molecule has 2 aromatic heterocycles. The summed E-state index contributed by atoms with van der Waals surface area (Å²) in [5, 5.41) is 0. The Morgan fingerprint density at radius 3 is 2.72 bits per heavy atom. The SMILES string of the molecule is O=C(c1cccc(C(F)(F)F)c1)N1CCCC1c1nc2cc(-c3cccnc3)ccc2o1. The molecule has 0 saturated carbocycles. The molecule has 3 heterocycles. The molecular formula is C24H18F3N3O2. The van der Waals surface area contributed by atoms with Crippen molar-refractivity contribution in [1.29, 1.82) is 0 Å². The topological polar surface area (TPSA) is 59.2 Å². The lowest BCUT2D eigenvalue weighted by atomic mass is 10.1. The number of oxazole rings is 1. The first kappa shape index (κ1) is 20.2. The highest BCUT2D eigenvalue weighted by atomic mass is 19.4. The Morgan fingerprint density at radius 2 is 1.94 bits per heavy atom. The van der Waals surface area contributed by atoms with E-state index in [2.05, 4.69) is 9.97 Å². The van der Waals surface area contributed by atoms with E-state index in [9.17, 15) is 18.0 Å². The second-order valence-electron chi connectivity index (χ2n) is 7.71. The molecule has 1 aliphatic rings. The van der Waals surface area contributed by atoms with Crippen LogP contribution in [0.5, 0.6) is 0 Å². The number of halogens is 3. The van der Waals surface area contributed by atoms with Gasteiger partial charge in [0.15, 0.2) is 5.58 Å². The summed E-state index contributed by atoms with van der Waals surface area (Å²) in [6.45, 7) is 0.430. The van der Waals surface area contributed by atoms with Crippen LogP contribution in [-0.2, 0) is 6.18 Å². The number of pyridine rings is 1. The molecule has 8 heteroatoms. The van der Waals surface area contributed by atoms with Crippen LogP contribution in [0.25, 0.3) is 22.2 Å². The van der Waals surface area contributed by atoms with Gasteiger partial charge in [-0.05, 0) is 54.8 Å². The van der Waals surface area contributed by atoms with Crippen molar-refractivity contribution in [3.8, 4) is 11.1 Å². The number of alkyl halides is 3. The first-order valence-electron chi connectivity index (χ1n) is 10.2. The average molecular weight is 437 g/mol. The van der Waals surface area contributed by atoms with Crippen LogP contribution in [-0.4, -0.2) is 27.3 Å². The summed E-state index contributed by atoms with van der Waals surface area (Å²) >= 11 is 0. The lowest BCUT2D eigenvalue weighted by Gasteiger charge is -2.22. The second kappa shape index (κ2) is 7.78. The number of fused-ring (bicyclic) bond motifs is 1. The standard InChI is InChI=1S/C24H18F3N3O2/c25-24(26,27)18-6-1-4-16(12-18)23(31)30-11-3-7-20(30)22-29-19-13-15(8-9-21(19)32-22)17-5-2-10-28-14-17/h1-2,4-6,8-10,12-14,20H,3,7,11H2. The van der Waals surface area contributed by atoms with Crippen molar-refractivity contribution in [3.05, 3.63) is 84.0 Å². The van der Waals surface area contributed by atoms with Gasteiger partial charge in [-0.25, -0.2) is 4.98 Å². The van der Waals surface area contributed by atoms with Crippen LogP contribution in [0.4, 0.5) is 13.2 Å². The number of benzene rings is 2. The van der Waals surface area contributed by atoms with Gasteiger partial charge in [-0.1, -0.05) is 18.2 Å². The lowest BCUT2D eigenvalue weighted by Crippen LogP contribution is -2.31. The predicted octanol–water partition coefficient (Wildman–Crippen LogP) is 5.89. The number of likely N-dealkylation sites (tertiary alicyclic amines) is 1. The van der Waals surface area contributed by atoms with Gasteiger partial charge in [-0.3, -0.25) is 9.78 Å². The van der Waals surface area contributed by atoms with E-state index in [-0.39, 0.29) is 5.56 Å². The first-order valence-corrected chi connectivity index (χ1v) is 10.2. The van der Waals surface area contributed by atoms with Crippen molar-refractivity contribution < 1.29 is 22.4 Å². The first-order chi connectivity index (χ1) is 15.4. The van der Waals surface area contributed by atoms with Crippen LogP contribution in [0, 0.1) is 0 Å². The van der Waals surface area contributed by atoms with E-state index in [0.29, 0.717) is 30.0 Å². The molecule has 0 radical (unpaired) electrons. The van der Waals surface area contributed by atoms with Crippen LogP contribution in [0.15, 0.2) is 71.4 Å². The fraction of sp³-hybridized carbons (Fsp3) is 0.208.